The topological polar surface area (TPSA) is 106 Å². The first-order valence-electron chi connectivity index (χ1n) is 16.0. The quantitative estimate of drug-likeness (QED) is 0.125. The van der Waals surface area contributed by atoms with Gasteiger partial charge in [-0.1, -0.05) is 26.0 Å². The highest BCUT2D eigenvalue weighted by atomic mass is 19.4. The number of rotatable bonds is 12. The molecule has 9 nitrogen and oxygen atoms in total. The van der Waals surface area contributed by atoms with Gasteiger partial charge in [-0.25, -0.2) is 9.07 Å². The molecular formula is C36H40F4N4O5. The van der Waals surface area contributed by atoms with E-state index in [1.807, 2.05) is 0 Å². The standard InChI is InChI=1S/C36H40F4N4O5/c1-34(2,28-18-24(37)15-16-31(28)48-4)21-35(47,36(38,39)40)22-41-29-13-8-14-30-27(29)19-42-44(30)25-10-7-9-23(17-25)33(46)43(3)20-32(45)49-26-11-5-6-12-26/h7-10,13-19,26,41,47H,5-6,11-12,20-22H2,1-4H3. The highest BCUT2D eigenvalue weighted by Crippen LogP contribution is 2.44. The zero-order chi connectivity index (χ0) is 35.6. The number of esters is 1. The Bertz CT molecular complexity index is 1820. The fourth-order valence-corrected chi connectivity index (χ4v) is 6.44. The lowest BCUT2D eigenvalue weighted by molar-refractivity contribution is -0.260. The van der Waals surface area contributed by atoms with Crippen LogP contribution in [0.3, 0.4) is 0 Å². The number of halogens is 4. The predicted octanol–water partition coefficient (Wildman–Crippen LogP) is 6.80. The Morgan fingerprint density at radius 3 is 2.47 bits per heavy atom. The van der Waals surface area contributed by atoms with Crippen LogP contribution in [0, 0.1) is 5.82 Å². The van der Waals surface area contributed by atoms with Gasteiger partial charge in [0.25, 0.3) is 5.91 Å². The van der Waals surface area contributed by atoms with Crippen LogP contribution in [0.25, 0.3) is 16.6 Å². The summed E-state index contributed by atoms with van der Waals surface area (Å²) in [7, 11) is 2.86. The maximum atomic E-state index is 14.5. The van der Waals surface area contributed by atoms with Gasteiger partial charge in [0.2, 0.25) is 0 Å². The van der Waals surface area contributed by atoms with Gasteiger partial charge in [0, 0.05) is 29.2 Å². The fraction of sp³-hybridized carbons (Fsp3) is 0.417. The smallest absolute Gasteiger partial charge is 0.418 e. The van der Waals surface area contributed by atoms with Gasteiger partial charge in [-0.05, 0) is 86.1 Å². The molecule has 0 bridgehead atoms. The van der Waals surface area contributed by atoms with Crippen molar-refractivity contribution in [2.45, 2.75) is 69.2 Å². The molecule has 5 rings (SSSR count). The zero-order valence-corrected chi connectivity index (χ0v) is 27.8. The van der Waals surface area contributed by atoms with Crippen LogP contribution in [-0.4, -0.2) is 76.8 Å². The second-order valence-corrected chi connectivity index (χ2v) is 13.2. The van der Waals surface area contributed by atoms with Gasteiger partial charge in [-0.2, -0.15) is 18.3 Å². The number of hydrogen-bond donors (Lipinski definition) is 2. The molecule has 1 unspecified atom stereocenters. The number of aromatic nitrogens is 2. The van der Waals surface area contributed by atoms with E-state index in [4.69, 9.17) is 9.47 Å². The molecule has 49 heavy (non-hydrogen) atoms. The molecule has 0 spiro atoms. The Morgan fingerprint density at radius 2 is 1.78 bits per heavy atom. The summed E-state index contributed by atoms with van der Waals surface area (Å²) in [6, 6.07) is 15.2. The van der Waals surface area contributed by atoms with Gasteiger partial charge in [0.1, 0.15) is 24.2 Å². The van der Waals surface area contributed by atoms with Gasteiger partial charge in [0.05, 0.1) is 31.1 Å². The third-order valence-electron chi connectivity index (χ3n) is 8.99. The second-order valence-electron chi connectivity index (χ2n) is 13.2. The van der Waals surface area contributed by atoms with Gasteiger partial charge in [-0.15, -0.1) is 0 Å². The van der Waals surface area contributed by atoms with E-state index >= 15 is 0 Å². The number of carbonyl (C=O) groups is 2. The minimum atomic E-state index is -5.04. The van der Waals surface area contributed by atoms with Gasteiger partial charge < -0.3 is 24.8 Å². The monoisotopic (exact) mass is 684 g/mol. The van der Waals surface area contributed by atoms with Gasteiger partial charge >= 0.3 is 12.1 Å². The molecule has 1 atom stereocenters. The van der Waals surface area contributed by atoms with Crippen LogP contribution in [0.15, 0.2) is 66.9 Å². The van der Waals surface area contributed by atoms with Gasteiger partial charge in [-0.3, -0.25) is 9.59 Å². The number of hydrogen-bond acceptors (Lipinski definition) is 7. The summed E-state index contributed by atoms with van der Waals surface area (Å²) in [5.74, 6) is -1.29. The maximum Gasteiger partial charge on any atom is 0.418 e. The summed E-state index contributed by atoms with van der Waals surface area (Å²) < 4.78 is 69.9. The summed E-state index contributed by atoms with van der Waals surface area (Å²) in [5, 5.41) is 18.8. The molecule has 3 aromatic carbocycles. The third-order valence-corrected chi connectivity index (χ3v) is 8.99. The maximum absolute atomic E-state index is 14.5. The average Bonchev–Trinajstić information content (AvgIpc) is 3.73. The van der Waals surface area contributed by atoms with E-state index in [0.29, 0.717) is 27.8 Å². The molecule has 2 N–H and O–H groups in total. The van der Waals surface area contributed by atoms with Gasteiger partial charge in [0.15, 0.2) is 5.60 Å². The summed E-state index contributed by atoms with van der Waals surface area (Å²) in [5.41, 5.74) is -2.73. The van der Waals surface area contributed by atoms with Crippen molar-refractivity contribution in [3.05, 3.63) is 83.8 Å². The number of nitrogens with one attached hydrogen (secondary N) is 1. The number of fused-ring (bicyclic) bond motifs is 1. The molecule has 1 fully saturated rings. The molecule has 0 radical (unpaired) electrons. The van der Waals surface area contributed by atoms with Crippen molar-refractivity contribution in [1.29, 1.82) is 0 Å². The normalized spacial score (nSPS) is 15.2. The molecule has 262 valence electrons. The third kappa shape index (κ3) is 7.82. The minimum absolute atomic E-state index is 0.106. The van der Waals surface area contributed by atoms with Crippen molar-refractivity contribution in [2.75, 3.05) is 32.6 Å². The number of benzene rings is 3. The summed E-state index contributed by atoms with van der Waals surface area (Å²) >= 11 is 0. The second kappa shape index (κ2) is 14.1. The molecule has 1 heterocycles. The number of carbonyl (C=O) groups excluding carboxylic acids is 2. The Balaban J connectivity index is 1.35. The Morgan fingerprint density at radius 1 is 1.06 bits per heavy atom. The van der Waals surface area contributed by atoms with Crippen LogP contribution in [0.1, 0.15) is 61.9 Å². The number of alkyl halides is 3. The molecule has 1 aromatic heterocycles. The highest BCUT2D eigenvalue weighted by molar-refractivity contribution is 5.97. The molecule has 13 heteroatoms. The van der Waals surface area contributed by atoms with Crippen LogP contribution in [0.4, 0.5) is 23.2 Å². The van der Waals surface area contributed by atoms with Crippen molar-refractivity contribution in [3.8, 4) is 11.4 Å². The first kappa shape index (κ1) is 35.7. The molecule has 1 aliphatic rings. The number of anilines is 1. The SMILES string of the molecule is COc1ccc(F)cc1C(C)(C)CC(O)(CNc1cccc2c1cnn2-c1cccc(C(=O)N(C)CC(=O)OC2CCCC2)c1)C(F)(F)F. The largest absolute Gasteiger partial charge is 0.496 e. The van der Waals surface area contributed by atoms with E-state index < -0.39 is 47.9 Å². The van der Waals surface area contributed by atoms with Crippen LogP contribution in [0.2, 0.25) is 0 Å². The van der Waals surface area contributed by atoms with Crippen LogP contribution < -0.4 is 10.1 Å². The van der Waals surface area contributed by atoms with Crippen LogP contribution in [-0.2, 0) is 14.9 Å². The van der Waals surface area contributed by atoms with E-state index in [1.54, 1.807) is 47.1 Å². The molecule has 1 amide bonds. The van der Waals surface area contributed by atoms with E-state index in [1.165, 1.54) is 45.2 Å². The van der Waals surface area contributed by atoms with Crippen LogP contribution >= 0.6 is 0 Å². The number of amides is 1. The number of aliphatic hydroxyl groups is 1. The lowest BCUT2D eigenvalue weighted by Crippen LogP contribution is -2.53. The van der Waals surface area contributed by atoms with Crippen molar-refractivity contribution in [3.63, 3.8) is 0 Å². The lowest BCUT2D eigenvalue weighted by atomic mass is 9.74. The minimum Gasteiger partial charge on any atom is -0.496 e. The molecule has 4 aromatic rings. The predicted molar refractivity (Wildman–Crippen MR) is 176 cm³/mol. The summed E-state index contributed by atoms with van der Waals surface area (Å²) in [6.07, 6.45) is -0.774. The molecule has 0 aliphatic heterocycles. The Kier molecular flexibility index (Phi) is 10.2. The number of methoxy groups -OCH3 is 1. The summed E-state index contributed by atoms with van der Waals surface area (Å²) in [4.78, 5) is 26.9. The molecular weight excluding hydrogens is 644 g/mol. The first-order valence-corrected chi connectivity index (χ1v) is 16.0. The van der Waals surface area contributed by atoms with E-state index in [-0.39, 0.29) is 24.0 Å². The van der Waals surface area contributed by atoms with E-state index in [2.05, 4.69) is 10.4 Å². The van der Waals surface area contributed by atoms with Crippen molar-refractivity contribution in [2.24, 2.45) is 0 Å². The van der Waals surface area contributed by atoms with Crippen molar-refractivity contribution < 1.29 is 41.7 Å². The molecule has 1 saturated carbocycles. The van der Waals surface area contributed by atoms with E-state index in [9.17, 15) is 32.3 Å². The molecule has 1 aliphatic carbocycles. The van der Waals surface area contributed by atoms with Crippen molar-refractivity contribution in [1.82, 2.24) is 14.7 Å². The first-order chi connectivity index (χ1) is 23.1. The zero-order valence-electron chi connectivity index (χ0n) is 27.8. The summed E-state index contributed by atoms with van der Waals surface area (Å²) in [6.45, 7) is 1.88. The fourth-order valence-electron chi connectivity index (χ4n) is 6.44. The van der Waals surface area contributed by atoms with Crippen molar-refractivity contribution >= 4 is 28.5 Å². The number of likely N-dealkylation sites (N-methyl/N-ethyl adjacent to an activating group) is 1. The average molecular weight is 685 g/mol. The molecule has 0 saturated heterocycles. The van der Waals surface area contributed by atoms with E-state index in [0.717, 1.165) is 37.8 Å². The lowest BCUT2D eigenvalue weighted by Gasteiger charge is -2.38. The number of nitrogens with zero attached hydrogens (tertiary/aromatic N) is 3. The van der Waals surface area contributed by atoms with Crippen LogP contribution in [0.5, 0.6) is 5.75 Å². The Hall–Kier alpha value is -4.65. The Labute approximate surface area is 281 Å². The number of ether oxygens (including phenoxy) is 2. The highest BCUT2D eigenvalue weighted by Gasteiger charge is 2.56.